The number of hydrogen-bond acceptors (Lipinski definition) is 10. The van der Waals surface area contributed by atoms with Crippen LogP contribution in [0.15, 0.2) is 27.9 Å². The molecule has 3 N–H and O–H groups in total. The Balaban J connectivity index is 1.83. The number of carbonyl (C=O) groups excluding carboxylic acids is 1. The fourth-order valence-electron chi connectivity index (χ4n) is 2.99. The predicted octanol–water partition coefficient (Wildman–Crippen LogP) is 1.16. The number of carbonyl (C=O) groups is 1. The van der Waals surface area contributed by atoms with Crippen molar-refractivity contribution >= 4 is 17.9 Å². The first-order chi connectivity index (χ1) is 15.0. The number of methoxy groups -OCH3 is 1. The van der Waals surface area contributed by atoms with Gasteiger partial charge in [0.25, 0.3) is 5.91 Å². The number of anilines is 1. The van der Waals surface area contributed by atoms with Gasteiger partial charge in [-0.15, -0.1) is 5.10 Å². The SMILES string of the molecule is CCN(CC)Cc1c(C(=O)N/N=C/c2ccc(OC)c(C)c2)nnn1-c1nonc1N. The van der Waals surface area contributed by atoms with E-state index in [9.17, 15) is 4.79 Å². The van der Waals surface area contributed by atoms with Gasteiger partial charge in [-0.2, -0.15) is 9.78 Å². The van der Waals surface area contributed by atoms with Crippen LogP contribution in [-0.4, -0.2) is 62.5 Å². The first-order valence-electron chi connectivity index (χ1n) is 9.71. The molecule has 0 radical (unpaired) electrons. The fraction of sp³-hybridized carbons (Fsp3) is 0.368. The Morgan fingerprint density at radius 1 is 1.35 bits per heavy atom. The number of hydrazone groups is 1. The largest absolute Gasteiger partial charge is 0.496 e. The lowest BCUT2D eigenvalue weighted by molar-refractivity contribution is 0.0948. The summed E-state index contributed by atoms with van der Waals surface area (Å²) in [4.78, 5) is 14.9. The molecule has 0 saturated carbocycles. The third-order valence-corrected chi connectivity index (χ3v) is 4.74. The highest BCUT2D eigenvalue weighted by molar-refractivity contribution is 5.94. The molecule has 2 heterocycles. The van der Waals surface area contributed by atoms with E-state index in [0.29, 0.717) is 12.2 Å². The Labute approximate surface area is 179 Å². The van der Waals surface area contributed by atoms with Crippen LogP contribution in [0.5, 0.6) is 5.75 Å². The number of hydrogen-bond donors (Lipinski definition) is 2. The maximum absolute atomic E-state index is 12.8. The molecule has 0 aliphatic carbocycles. The van der Waals surface area contributed by atoms with Crippen molar-refractivity contribution in [3.8, 4) is 11.6 Å². The van der Waals surface area contributed by atoms with Gasteiger partial charge in [0.05, 0.1) is 19.0 Å². The molecule has 0 aliphatic rings. The normalized spacial score (nSPS) is 11.4. The molecule has 12 heteroatoms. The number of rotatable bonds is 9. The summed E-state index contributed by atoms with van der Waals surface area (Å²) in [6.07, 6.45) is 1.54. The number of aromatic nitrogens is 5. The second-order valence-corrected chi connectivity index (χ2v) is 6.66. The van der Waals surface area contributed by atoms with Crippen LogP contribution in [0.4, 0.5) is 5.82 Å². The molecule has 2 aromatic heterocycles. The number of nitrogens with one attached hydrogen (secondary N) is 1. The Morgan fingerprint density at radius 2 is 2.13 bits per heavy atom. The topological polar surface area (TPSA) is 150 Å². The molecular formula is C19H25N9O3. The van der Waals surface area contributed by atoms with Crippen molar-refractivity contribution in [2.24, 2.45) is 5.10 Å². The molecule has 3 aromatic rings. The molecule has 0 atom stereocenters. The minimum Gasteiger partial charge on any atom is -0.496 e. The fourth-order valence-corrected chi connectivity index (χ4v) is 2.99. The summed E-state index contributed by atoms with van der Waals surface area (Å²) in [6, 6.07) is 5.57. The van der Waals surface area contributed by atoms with E-state index in [1.807, 2.05) is 39.0 Å². The molecule has 0 unspecified atom stereocenters. The molecule has 12 nitrogen and oxygen atoms in total. The Bertz CT molecular complexity index is 1070. The summed E-state index contributed by atoms with van der Waals surface area (Å²) >= 11 is 0. The quantitative estimate of drug-likeness (QED) is 0.379. The highest BCUT2D eigenvalue weighted by Crippen LogP contribution is 2.18. The lowest BCUT2D eigenvalue weighted by Gasteiger charge is -2.18. The number of ether oxygens (including phenoxy) is 1. The summed E-state index contributed by atoms with van der Waals surface area (Å²) in [5, 5.41) is 19.4. The van der Waals surface area contributed by atoms with Crippen LogP contribution in [0.2, 0.25) is 0 Å². The van der Waals surface area contributed by atoms with Crippen LogP contribution in [0.3, 0.4) is 0 Å². The minimum absolute atomic E-state index is 0.0468. The second kappa shape index (κ2) is 9.80. The van der Waals surface area contributed by atoms with E-state index in [0.717, 1.165) is 30.0 Å². The first-order valence-corrected chi connectivity index (χ1v) is 9.71. The molecule has 0 saturated heterocycles. The van der Waals surface area contributed by atoms with Gasteiger partial charge in [-0.1, -0.05) is 19.1 Å². The summed E-state index contributed by atoms with van der Waals surface area (Å²) < 4.78 is 11.3. The number of nitrogens with two attached hydrogens (primary N) is 1. The summed E-state index contributed by atoms with van der Waals surface area (Å²) in [5.74, 6) is 0.488. The maximum Gasteiger partial charge on any atom is 0.293 e. The van der Waals surface area contributed by atoms with Gasteiger partial charge in [0, 0.05) is 6.54 Å². The van der Waals surface area contributed by atoms with Gasteiger partial charge in [0.15, 0.2) is 5.69 Å². The van der Waals surface area contributed by atoms with E-state index in [1.54, 1.807) is 13.3 Å². The number of nitrogen functional groups attached to an aromatic ring is 1. The van der Waals surface area contributed by atoms with Gasteiger partial charge in [-0.25, -0.2) is 10.1 Å². The highest BCUT2D eigenvalue weighted by atomic mass is 16.6. The molecule has 164 valence electrons. The van der Waals surface area contributed by atoms with E-state index in [-0.39, 0.29) is 17.3 Å². The van der Waals surface area contributed by atoms with Crippen molar-refractivity contribution in [1.82, 2.24) is 35.6 Å². The van der Waals surface area contributed by atoms with Crippen LogP contribution in [0, 0.1) is 6.92 Å². The van der Waals surface area contributed by atoms with Crippen molar-refractivity contribution in [3.05, 3.63) is 40.7 Å². The van der Waals surface area contributed by atoms with Crippen LogP contribution in [0.1, 0.15) is 41.2 Å². The number of nitrogens with zero attached hydrogens (tertiary/aromatic N) is 7. The molecule has 0 fully saturated rings. The van der Waals surface area contributed by atoms with Crippen LogP contribution < -0.4 is 15.9 Å². The number of aryl methyl sites for hydroxylation is 1. The van der Waals surface area contributed by atoms with E-state index in [4.69, 9.17) is 10.5 Å². The lowest BCUT2D eigenvalue weighted by Crippen LogP contribution is -2.27. The van der Waals surface area contributed by atoms with E-state index in [1.165, 1.54) is 4.68 Å². The molecule has 31 heavy (non-hydrogen) atoms. The third kappa shape index (κ3) is 4.86. The summed E-state index contributed by atoms with van der Waals surface area (Å²) in [5.41, 5.74) is 10.7. The third-order valence-electron chi connectivity index (χ3n) is 4.74. The summed E-state index contributed by atoms with van der Waals surface area (Å²) in [6.45, 7) is 7.90. The van der Waals surface area contributed by atoms with Crippen LogP contribution in [-0.2, 0) is 6.54 Å². The monoisotopic (exact) mass is 427 g/mol. The van der Waals surface area contributed by atoms with Crippen molar-refractivity contribution in [2.75, 3.05) is 25.9 Å². The lowest BCUT2D eigenvalue weighted by atomic mass is 10.1. The highest BCUT2D eigenvalue weighted by Gasteiger charge is 2.24. The van der Waals surface area contributed by atoms with Crippen LogP contribution in [0.25, 0.3) is 5.82 Å². The van der Waals surface area contributed by atoms with E-state index < -0.39 is 5.91 Å². The average molecular weight is 427 g/mol. The molecule has 1 amide bonds. The zero-order valence-electron chi connectivity index (χ0n) is 17.9. The Hall–Kier alpha value is -3.80. The number of amides is 1. The summed E-state index contributed by atoms with van der Waals surface area (Å²) in [7, 11) is 1.61. The first kappa shape index (κ1) is 21.9. The van der Waals surface area contributed by atoms with Gasteiger partial charge in [0.2, 0.25) is 11.6 Å². The molecule has 3 rings (SSSR count). The molecule has 0 spiro atoms. The Morgan fingerprint density at radius 3 is 2.74 bits per heavy atom. The van der Waals surface area contributed by atoms with E-state index in [2.05, 4.69) is 40.7 Å². The molecule has 0 bridgehead atoms. The van der Waals surface area contributed by atoms with Crippen molar-refractivity contribution in [3.63, 3.8) is 0 Å². The van der Waals surface area contributed by atoms with Gasteiger partial charge in [-0.3, -0.25) is 9.69 Å². The van der Waals surface area contributed by atoms with E-state index >= 15 is 0 Å². The van der Waals surface area contributed by atoms with Crippen molar-refractivity contribution in [1.29, 1.82) is 0 Å². The van der Waals surface area contributed by atoms with Crippen molar-refractivity contribution in [2.45, 2.75) is 27.3 Å². The van der Waals surface area contributed by atoms with Gasteiger partial charge in [0.1, 0.15) is 5.75 Å². The zero-order valence-corrected chi connectivity index (χ0v) is 17.9. The van der Waals surface area contributed by atoms with Crippen molar-refractivity contribution < 1.29 is 14.2 Å². The molecule has 0 aliphatic heterocycles. The Kier molecular flexibility index (Phi) is 6.92. The maximum atomic E-state index is 12.8. The van der Waals surface area contributed by atoms with Gasteiger partial charge >= 0.3 is 0 Å². The number of benzene rings is 1. The predicted molar refractivity (Wildman–Crippen MR) is 113 cm³/mol. The smallest absolute Gasteiger partial charge is 0.293 e. The second-order valence-electron chi connectivity index (χ2n) is 6.66. The zero-order chi connectivity index (χ0) is 22.4. The minimum atomic E-state index is -0.509. The average Bonchev–Trinajstić information content (AvgIpc) is 3.37. The van der Waals surface area contributed by atoms with Gasteiger partial charge < -0.3 is 10.5 Å². The molecular weight excluding hydrogens is 402 g/mol. The van der Waals surface area contributed by atoms with Crippen LogP contribution >= 0.6 is 0 Å². The molecule has 1 aromatic carbocycles. The standard InChI is InChI=1S/C19H25N9O3/c1-5-27(6-2)11-14-16(22-26-28(14)18-17(20)24-31-25-18)19(29)23-21-10-13-7-8-15(30-4)12(3)9-13/h7-10H,5-6,11H2,1-4H3,(H2,20,24)(H,23,29)/b21-10+. The van der Waals surface area contributed by atoms with Gasteiger partial charge in [-0.05, 0) is 59.7 Å².